The minimum Gasteiger partial charge on any atom is -0.370 e. The van der Waals surface area contributed by atoms with Crippen LogP contribution in [0.5, 0.6) is 0 Å². The van der Waals surface area contributed by atoms with Crippen LogP contribution in [0.3, 0.4) is 0 Å². The summed E-state index contributed by atoms with van der Waals surface area (Å²) in [5, 5.41) is 9.06. The van der Waals surface area contributed by atoms with Gasteiger partial charge in [-0.15, -0.1) is 0 Å². The highest BCUT2D eigenvalue weighted by molar-refractivity contribution is 5.84. The van der Waals surface area contributed by atoms with Crippen molar-refractivity contribution in [3.8, 4) is 0 Å². The molecular weight excluding hydrogens is 268 g/mol. The van der Waals surface area contributed by atoms with E-state index in [2.05, 4.69) is 46.7 Å². The lowest BCUT2D eigenvalue weighted by atomic mass is 10.2. The molecule has 118 valence electrons. The van der Waals surface area contributed by atoms with Gasteiger partial charge >= 0.3 is 0 Å². The van der Waals surface area contributed by atoms with Crippen LogP contribution in [0.2, 0.25) is 0 Å². The SMILES string of the molecule is CCCNc1cc(NC(C)C(=O)NCC(C)C)nc(N)n1. The highest BCUT2D eigenvalue weighted by atomic mass is 16.2. The number of hydrogen-bond donors (Lipinski definition) is 4. The van der Waals surface area contributed by atoms with Crippen LogP contribution in [0.4, 0.5) is 17.6 Å². The molecule has 1 amide bonds. The van der Waals surface area contributed by atoms with Crippen molar-refractivity contribution in [2.75, 3.05) is 29.5 Å². The van der Waals surface area contributed by atoms with Crippen molar-refractivity contribution in [2.45, 2.75) is 40.2 Å². The van der Waals surface area contributed by atoms with E-state index < -0.39 is 6.04 Å². The van der Waals surface area contributed by atoms with Gasteiger partial charge in [-0.05, 0) is 19.3 Å². The van der Waals surface area contributed by atoms with Crippen LogP contribution >= 0.6 is 0 Å². The molecule has 0 aliphatic rings. The van der Waals surface area contributed by atoms with E-state index in [1.54, 1.807) is 13.0 Å². The molecule has 0 aromatic carbocycles. The first kappa shape index (κ1) is 17.0. The van der Waals surface area contributed by atoms with Gasteiger partial charge in [0.1, 0.15) is 17.7 Å². The first-order valence-corrected chi connectivity index (χ1v) is 7.35. The summed E-state index contributed by atoms with van der Waals surface area (Å²) in [6.07, 6.45) is 0.987. The van der Waals surface area contributed by atoms with E-state index in [1.807, 2.05) is 0 Å². The van der Waals surface area contributed by atoms with Gasteiger partial charge in [0.25, 0.3) is 0 Å². The van der Waals surface area contributed by atoms with Gasteiger partial charge in [0.05, 0.1) is 0 Å². The molecule has 1 rings (SSSR count). The quantitative estimate of drug-likeness (QED) is 0.578. The third-order valence-corrected chi connectivity index (χ3v) is 2.74. The first-order chi connectivity index (χ1) is 9.92. The van der Waals surface area contributed by atoms with Crippen LogP contribution in [0.25, 0.3) is 0 Å². The molecule has 1 heterocycles. The fourth-order valence-corrected chi connectivity index (χ4v) is 1.63. The molecule has 0 fully saturated rings. The van der Waals surface area contributed by atoms with E-state index in [0.29, 0.717) is 24.1 Å². The van der Waals surface area contributed by atoms with Crippen molar-refractivity contribution in [1.82, 2.24) is 15.3 Å². The number of nitrogens with two attached hydrogens (primary N) is 1. The molecule has 7 nitrogen and oxygen atoms in total. The fourth-order valence-electron chi connectivity index (χ4n) is 1.63. The standard InChI is InChI=1S/C14H26N6O/c1-5-6-16-11-7-12(20-14(15)19-11)18-10(4)13(21)17-8-9(2)3/h7,9-10H,5-6,8H2,1-4H3,(H,17,21)(H4,15,16,18,19,20). The number of hydrogen-bond acceptors (Lipinski definition) is 6. The van der Waals surface area contributed by atoms with Gasteiger partial charge in [-0.25, -0.2) is 0 Å². The van der Waals surface area contributed by atoms with Gasteiger partial charge in [0.15, 0.2) is 0 Å². The molecule has 1 unspecified atom stereocenters. The summed E-state index contributed by atoms with van der Waals surface area (Å²) in [5.74, 6) is 1.72. The highest BCUT2D eigenvalue weighted by Gasteiger charge is 2.14. The first-order valence-electron chi connectivity index (χ1n) is 7.35. The van der Waals surface area contributed by atoms with Crippen LogP contribution in [0, 0.1) is 5.92 Å². The summed E-state index contributed by atoms with van der Waals surface area (Å²) < 4.78 is 0. The molecule has 1 aromatic rings. The largest absolute Gasteiger partial charge is 0.370 e. The highest BCUT2D eigenvalue weighted by Crippen LogP contribution is 2.13. The number of rotatable bonds is 8. The second kappa shape index (κ2) is 8.28. The molecule has 0 aliphatic heterocycles. The molecular formula is C14H26N6O. The summed E-state index contributed by atoms with van der Waals surface area (Å²) >= 11 is 0. The number of nitrogens with zero attached hydrogens (tertiary/aromatic N) is 2. The van der Waals surface area contributed by atoms with Gasteiger partial charge < -0.3 is 21.7 Å². The second-order valence-electron chi connectivity index (χ2n) is 5.43. The Morgan fingerprint density at radius 3 is 2.57 bits per heavy atom. The monoisotopic (exact) mass is 294 g/mol. The molecule has 21 heavy (non-hydrogen) atoms. The number of aromatic nitrogens is 2. The van der Waals surface area contributed by atoms with E-state index >= 15 is 0 Å². The third kappa shape index (κ3) is 6.29. The summed E-state index contributed by atoms with van der Waals surface area (Å²) in [6.45, 7) is 9.41. The number of carbonyl (C=O) groups excluding carboxylic acids is 1. The molecule has 1 atom stereocenters. The van der Waals surface area contributed by atoms with E-state index in [-0.39, 0.29) is 11.9 Å². The van der Waals surface area contributed by atoms with Crippen molar-refractivity contribution in [1.29, 1.82) is 0 Å². The molecule has 0 bridgehead atoms. The Morgan fingerprint density at radius 2 is 1.95 bits per heavy atom. The Hall–Kier alpha value is -2.05. The molecule has 5 N–H and O–H groups in total. The zero-order chi connectivity index (χ0) is 15.8. The van der Waals surface area contributed by atoms with Gasteiger partial charge in [0.2, 0.25) is 11.9 Å². The van der Waals surface area contributed by atoms with E-state index in [9.17, 15) is 4.79 Å². The van der Waals surface area contributed by atoms with Gasteiger partial charge in [-0.3, -0.25) is 4.79 Å². The normalized spacial score (nSPS) is 12.0. The maximum Gasteiger partial charge on any atom is 0.242 e. The average molecular weight is 294 g/mol. The van der Waals surface area contributed by atoms with Gasteiger partial charge in [-0.1, -0.05) is 20.8 Å². The average Bonchev–Trinajstić information content (AvgIpc) is 2.41. The predicted octanol–water partition coefficient (Wildman–Crippen LogP) is 1.45. The Kier molecular flexibility index (Phi) is 6.71. The lowest BCUT2D eigenvalue weighted by Crippen LogP contribution is -2.39. The smallest absolute Gasteiger partial charge is 0.242 e. The maximum atomic E-state index is 11.9. The van der Waals surface area contributed by atoms with Crippen molar-refractivity contribution in [2.24, 2.45) is 5.92 Å². The number of nitrogens with one attached hydrogen (secondary N) is 3. The Labute approximate surface area is 126 Å². The molecule has 1 aromatic heterocycles. The van der Waals surface area contributed by atoms with Gasteiger partial charge in [0, 0.05) is 19.2 Å². The topological polar surface area (TPSA) is 105 Å². The number of anilines is 3. The third-order valence-electron chi connectivity index (χ3n) is 2.74. The molecule has 7 heteroatoms. The molecule has 0 radical (unpaired) electrons. The minimum atomic E-state index is -0.392. The molecule has 0 saturated carbocycles. The van der Waals surface area contributed by atoms with Crippen molar-refractivity contribution in [3.63, 3.8) is 0 Å². The summed E-state index contributed by atoms with van der Waals surface area (Å²) in [6, 6.07) is 1.36. The number of nitrogen functional groups attached to an aromatic ring is 1. The lowest BCUT2D eigenvalue weighted by Gasteiger charge is -2.16. The summed E-state index contributed by atoms with van der Waals surface area (Å²) in [4.78, 5) is 20.1. The van der Waals surface area contributed by atoms with Crippen LogP contribution in [0.1, 0.15) is 34.1 Å². The summed E-state index contributed by atoms with van der Waals surface area (Å²) in [5.41, 5.74) is 5.68. The van der Waals surface area contributed by atoms with Crippen molar-refractivity contribution in [3.05, 3.63) is 6.07 Å². The van der Waals surface area contributed by atoms with Crippen LogP contribution in [-0.2, 0) is 4.79 Å². The number of carbonyl (C=O) groups is 1. The summed E-state index contributed by atoms with van der Waals surface area (Å²) in [7, 11) is 0. The van der Waals surface area contributed by atoms with E-state index in [4.69, 9.17) is 5.73 Å². The predicted molar refractivity (Wildman–Crippen MR) is 86.2 cm³/mol. The fraction of sp³-hybridized carbons (Fsp3) is 0.643. The zero-order valence-corrected chi connectivity index (χ0v) is 13.2. The van der Waals surface area contributed by atoms with Gasteiger partial charge in [-0.2, -0.15) is 9.97 Å². The molecule has 0 spiro atoms. The Balaban J connectivity index is 2.64. The second-order valence-corrected chi connectivity index (χ2v) is 5.43. The zero-order valence-electron chi connectivity index (χ0n) is 13.2. The Morgan fingerprint density at radius 1 is 1.29 bits per heavy atom. The van der Waals surface area contributed by atoms with Crippen LogP contribution < -0.4 is 21.7 Å². The van der Waals surface area contributed by atoms with Crippen molar-refractivity contribution >= 4 is 23.5 Å². The van der Waals surface area contributed by atoms with E-state index in [0.717, 1.165) is 13.0 Å². The van der Waals surface area contributed by atoms with E-state index in [1.165, 1.54) is 0 Å². The molecule has 0 saturated heterocycles. The van der Waals surface area contributed by atoms with Crippen LogP contribution in [0.15, 0.2) is 6.07 Å². The Bertz CT molecular complexity index is 463. The van der Waals surface area contributed by atoms with Crippen LogP contribution in [-0.4, -0.2) is 35.0 Å². The lowest BCUT2D eigenvalue weighted by molar-refractivity contribution is -0.121. The van der Waals surface area contributed by atoms with Crippen molar-refractivity contribution < 1.29 is 4.79 Å². The molecule has 0 aliphatic carbocycles. The maximum absolute atomic E-state index is 11.9. The minimum absolute atomic E-state index is 0.0658. The number of amides is 1.